The average molecular weight is 472 g/mol. The molecule has 2 aromatic carbocycles. The third kappa shape index (κ3) is 4.51. The Morgan fingerprint density at radius 3 is 2.65 bits per heavy atom. The highest BCUT2D eigenvalue weighted by Crippen LogP contribution is 2.47. The standard InChI is InChI=1S/C22H24N4O8/c1-31-7-8-32-13-33-19-10-15-16(9-17(19)26(29)30)20(21(23)27)24-11-18(15)25(22(24)28)34-12-14-5-3-2-4-6-14/h2-6,9-10,18,20H,7-8,11-13H2,1H3,(H2,23,27). The zero-order valence-corrected chi connectivity index (χ0v) is 18.4. The molecule has 2 unspecified atom stereocenters. The molecule has 0 aliphatic carbocycles. The molecule has 180 valence electrons. The highest BCUT2D eigenvalue weighted by molar-refractivity contribution is 5.90. The minimum Gasteiger partial charge on any atom is -0.460 e. The number of ether oxygens (including phenoxy) is 3. The third-order valence-corrected chi connectivity index (χ3v) is 5.63. The molecule has 0 radical (unpaired) electrons. The van der Waals surface area contributed by atoms with E-state index in [1.807, 2.05) is 30.3 Å². The van der Waals surface area contributed by atoms with Crippen molar-refractivity contribution >= 4 is 17.6 Å². The minimum atomic E-state index is -1.17. The first-order chi connectivity index (χ1) is 16.4. The summed E-state index contributed by atoms with van der Waals surface area (Å²) in [6.07, 6.45) is 0. The molecular formula is C22H24N4O8. The van der Waals surface area contributed by atoms with Gasteiger partial charge in [0, 0.05) is 13.2 Å². The maximum Gasteiger partial charge on any atom is 0.345 e. The van der Waals surface area contributed by atoms with E-state index in [0.717, 1.165) is 5.56 Å². The number of rotatable bonds is 11. The Balaban J connectivity index is 1.66. The van der Waals surface area contributed by atoms with Gasteiger partial charge in [-0.05, 0) is 22.8 Å². The van der Waals surface area contributed by atoms with Gasteiger partial charge in [-0.2, -0.15) is 5.06 Å². The van der Waals surface area contributed by atoms with Crippen molar-refractivity contribution in [3.63, 3.8) is 0 Å². The molecule has 3 amide bonds. The van der Waals surface area contributed by atoms with Crippen molar-refractivity contribution in [2.45, 2.75) is 18.7 Å². The molecule has 2 aliphatic rings. The van der Waals surface area contributed by atoms with E-state index in [2.05, 4.69) is 0 Å². The first-order valence-electron chi connectivity index (χ1n) is 10.5. The molecule has 2 aliphatic heterocycles. The predicted octanol–water partition coefficient (Wildman–Crippen LogP) is 2.04. The molecule has 2 heterocycles. The van der Waals surface area contributed by atoms with Crippen LogP contribution in [0.5, 0.6) is 5.75 Å². The maximum absolute atomic E-state index is 13.1. The number of hydrogen-bond donors (Lipinski definition) is 1. The van der Waals surface area contributed by atoms with Crippen molar-refractivity contribution in [2.24, 2.45) is 5.73 Å². The van der Waals surface area contributed by atoms with E-state index in [0.29, 0.717) is 12.2 Å². The lowest BCUT2D eigenvalue weighted by atomic mass is 9.90. The van der Waals surface area contributed by atoms with Crippen LogP contribution in [0.1, 0.15) is 28.8 Å². The fourth-order valence-electron chi connectivity index (χ4n) is 4.07. The molecule has 2 atom stereocenters. The first-order valence-corrected chi connectivity index (χ1v) is 10.5. The summed E-state index contributed by atoms with van der Waals surface area (Å²) in [7, 11) is 1.52. The zero-order chi connectivity index (χ0) is 24.2. The Hall–Kier alpha value is -3.74. The summed E-state index contributed by atoms with van der Waals surface area (Å²) >= 11 is 0. The van der Waals surface area contributed by atoms with Gasteiger partial charge in [0.1, 0.15) is 18.7 Å². The van der Waals surface area contributed by atoms with Crippen molar-refractivity contribution in [1.29, 1.82) is 0 Å². The lowest BCUT2D eigenvalue weighted by molar-refractivity contribution is -0.386. The Kier molecular flexibility index (Phi) is 6.91. The van der Waals surface area contributed by atoms with Crippen molar-refractivity contribution in [3.8, 4) is 5.75 Å². The molecule has 1 fully saturated rings. The van der Waals surface area contributed by atoms with E-state index in [1.54, 1.807) is 0 Å². The molecule has 34 heavy (non-hydrogen) atoms. The summed E-state index contributed by atoms with van der Waals surface area (Å²) in [5.74, 6) is -0.857. The van der Waals surface area contributed by atoms with Crippen LogP contribution in [0.4, 0.5) is 10.5 Å². The Bertz CT molecular complexity index is 1080. The van der Waals surface area contributed by atoms with Gasteiger partial charge in [0.15, 0.2) is 12.5 Å². The van der Waals surface area contributed by atoms with Crippen LogP contribution in [0.3, 0.4) is 0 Å². The topological polar surface area (TPSA) is 147 Å². The molecule has 12 heteroatoms. The summed E-state index contributed by atoms with van der Waals surface area (Å²) < 4.78 is 15.7. The number of carbonyl (C=O) groups is 2. The molecule has 12 nitrogen and oxygen atoms in total. The number of hydroxylamine groups is 2. The Labute approximate surface area is 194 Å². The lowest BCUT2D eigenvalue weighted by Crippen LogP contribution is -2.41. The van der Waals surface area contributed by atoms with Crippen molar-refractivity contribution < 1.29 is 33.6 Å². The molecular weight excluding hydrogens is 448 g/mol. The monoisotopic (exact) mass is 472 g/mol. The van der Waals surface area contributed by atoms with Gasteiger partial charge in [-0.15, -0.1) is 0 Å². The predicted molar refractivity (Wildman–Crippen MR) is 116 cm³/mol. The quantitative estimate of drug-likeness (QED) is 0.226. The van der Waals surface area contributed by atoms with Gasteiger partial charge in [0.05, 0.1) is 24.7 Å². The van der Waals surface area contributed by atoms with Crippen molar-refractivity contribution in [3.05, 3.63) is 69.3 Å². The van der Waals surface area contributed by atoms with Gasteiger partial charge < -0.3 is 24.8 Å². The van der Waals surface area contributed by atoms with Gasteiger partial charge in [-0.25, -0.2) is 4.79 Å². The highest BCUT2D eigenvalue weighted by atomic mass is 16.7. The van der Waals surface area contributed by atoms with E-state index in [1.165, 1.54) is 29.2 Å². The van der Waals surface area contributed by atoms with Gasteiger partial charge in [-0.3, -0.25) is 19.7 Å². The molecule has 0 spiro atoms. The van der Waals surface area contributed by atoms with Gasteiger partial charge in [-0.1, -0.05) is 30.3 Å². The fourth-order valence-corrected chi connectivity index (χ4v) is 4.07. The molecule has 4 rings (SSSR count). The maximum atomic E-state index is 13.1. The normalized spacial score (nSPS) is 18.7. The summed E-state index contributed by atoms with van der Waals surface area (Å²) in [4.78, 5) is 43.6. The highest BCUT2D eigenvalue weighted by Gasteiger charge is 2.51. The molecule has 0 saturated carbocycles. The number of fused-ring (bicyclic) bond motifs is 4. The van der Waals surface area contributed by atoms with Crippen molar-refractivity contribution in [1.82, 2.24) is 9.96 Å². The number of nitro benzene ring substituents is 1. The number of hydrogen-bond acceptors (Lipinski definition) is 8. The van der Waals surface area contributed by atoms with Crippen LogP contribution in [0.15, 0.2) is 42.5 Å². The second kappa shape index (κ2) is 10.0. The summed E-state index contributed by atoms with van der Waals surface area (Å²) in [5.41, 5.74) is 6.83. The fraction of sp³-hybridized carbons (Fsp3) is 0.364. The van der Waals surface area contributed by atoms with Crippen LogP contribution in [-0.4, -0.2) is 60.5 Å². The van der Waals surface area contributed by atoms with E-state index in [4.69, 9.17) is 24.8 Å². The SMILES string of the molecule is COCCOCOc1cc2c(cc1[N+](=O)[O-])C(C(N)=O)N1CC2N(OCc2ccccc2)C1=O. The number of urea groups is 1. The van der Waals surface area contributed by atoms with E-state index < -0.39 is 28.9 Å². The second-order valence-corrected chi connectivity index (χ2v) is 7.71. The number of benzene rings is 2. The van der Waals surface area contributed by atoms with Crippen LogP contribution >= 0.6 is 0 Å². The van der Waals surface area contributed by atoms with Crippen LogP contribution in [0, 0.1) is 10.1 Å². The molecule has 2 bridgehead atoms. The summed E-state index contributed by atoms with van der Waals surface area (Å²) in [5, 5.41) is 12.9. The smallest absolute Gasteiger partial charge is 0.345 e. The number of nitro groups is 1. The number of carbonyl (C=O) groups excluding carboxylic acids is 2. The summed E-state index contributed by atoms with van der Waals surface area (Å²) in [6, 6.07) is 9.61. The molecule has 2 N–H and O–H groups in total. The largest absolute Gasteiger partial charge is 0.460 e. The van der Waals surface area contributed by atoms with Gasteiger partial charge >= 0.3 is 11.7 Å². The van der Waals surface area contributed by atoms with Gasteiger partial charge in [0.25, 0.3) is 0 Å². The lowest BCUT2D eigenvalue weighted by Gasteiger charge is -2.31. The number of primary amides is 1. The van der Waals surface area contributed by atoms with Gasteiger partial charge in [0.2, 0.25) is 5.91 Å². The Morgan fingerprint density at radius 1 is 1.21 bits per heavy atom. The number of nitrogens with zero attached hydrogens (tertiary/aromatic N) is 3. The minimum absolute atomic E-state index is 0.0554. The number of nitrogens with two attached hydrogens (primary N) is 1. The zero-order valence-electron chi connectivity index (χ0n) is 18.4. The second-order valence-electron chi connectivity index (χ2n) is 7.71. The Morgan fingerprint density at radius 2 is 1.97 bits per heavy atom. The average Bonchev–Trinajstić information content (AvgIpc) is 3.09. The van der Waals surface area contributed by atoms with Crippen LogP contribution in [0.25, 0.3) is 0 Å². The van der Waals surface area contributed by atoms with E-state index in [-0.39, 0.29) is 43.6 Å². The number of amides is 3. The van der Waals surface area contributed by atoms with E-state index in [9.17, 15) is 19.7 Å². The third-order valence-electron chi connectivity index (χ3n) is 5.63. The van der Waals surface area contributed by atoms with E-state index >= 15 is 0 Å². The van der Waals surface area contributed by atoms with Crippen LogP contribution in [-0.2, 0) is 25.7 Å². The first kappa shape index (κ1) is 23.4. The number of methoxy groups -OCH3 is 1. The van der Waals surface area contributed by atoms with Crippen LogP contribution in [0.2, 0.25) is 0 Å². The van der Waals surface area contributed by atoms with Crippen molar-refractivity contribution in [2.75, 3.05) is 33.7 Å². The molecule has 1 saturated heterocycles. The van der Waals surface area contributed by atoms with Crippen LogP contribution < -0.4 is 10.5 Å². The molecule has 0 aromatic heterocycles. The summed E-state index contributed by atoms with van der Waals surface area (Å²) in [6.45, 7) is 0.592. The molecule has 2 aromatic rings.